The maximum atomic E-state index is 11.9. The minimum absolute atomic E-state index is 0.00156. The minimum atomic E-state index is -3.70. The summed E-state index contributed by atoms with van der Waals surface area (Å²) in [6, 6.07) is 4.40. The van der Waals surface area contributed by atoms with Gasteiger partial charge in [0.1, 0.15) is 4.90 Å². The van der Waals surface area contributed by atoms with Crippen molar-refractivity contribution in [2.75, 3.05) is 13.2 Å². The van der Waals surface area contributed by atoms with Gasteiger partial charge in [0.25, 0.3) is 0 Å². The van der Waals surface area contributed by atoms with Crippen LogP contribution in [-0.2, 0) is 10.0 Å². The van der Waals surface area contributed by atoms with Crippen molar-refractivity contribution in [1.29, 1.82) is 0 Å². The molecule has 0 aliphatic carbocycles. The predicted octanol–water partition coefficient (Wildman–Crippen LogP) is 1.90. The molecule has 1 aromatic carbocycles. The van der Waals surface area contributed by atoms with Gasteiger partial charge in [-0.3, -0.25) is 0 Å². The summed E-state index contributed by atoms with van der Waals surface area (Å²) in [6.45, 7) is 1.77. The Kier molecular flexibility index (Phi) is 5.22. The zero-order valence-corrected chi connectivity index (χ0v) is 11.5. The van der Waals surface area contributed by atoms with Gasteiger partial charge < -0.3 is 5.11 Å². The van der Waals surface area contributed by atoms with E-state index in [4.69, 9.17) is 28.3 Å². The molecule has 0 saturated carbocycles. The quantitative estimate of drug-likeness (QED) is 0.872. The zero-order valence-electron chi connectivity index (χ0n) is 9.15. The average molecular weight is 298 g/mol. The molecule has 1 aromatic rings. The molecular formula is C10H13Cl2NO3S. The van der Waals surface area contributed by atoms with E-state index in [1.54, 1.807) is 6.92 Å². The number of aliphatic hydroxyl groups excluding tert-OH is 1. The molecule has 96 valence electrons. The van der Waals surface area contributed by atoms with Gasteiger partial charge in [0.15, 0.2) is 0 Å². The summed E-state index contributed by atoms with van der Waals surface area (Å²) in [5, 5.41) is 9.00. The monoisotopic (exact) mass is 297 g/mol. The Balaban J connectivity index is 2.94. The van der Waals surface area contributed by atoms with Crippen molar-refractivity contribution < 1.29 is 13.5 Å². The third kappa shape index (κ3) is 3.82. The third-order valence-corrected chi connectivity index (χ3v) is 4.54. The lowest BCUT2D eigenvalue weighted by molar-refractivity contribution is 0.238. The molecule has 1 unspecified atom stereocenters. The largest absolute Gasteiger partial charge is 0.396 e. The fraction of sp³-hybridized carbons (Fsp3) is 0.400. The lowest BCUT2D eigenvalue weighted by Gasteiger charge is -2.11. The van der Waals surface area contributed by atoms with E-state index in [-0.39, 0.29) is 34.0 Å². The molecule has 0 aliphatic heterocycles. The summed E-state index contributed by atoms with van der Waals surface area (Å²) < 4.78 is 26.1. The highest BCUT2D eigenvalue weighted by molar-refractivity contribution is 7.89. The van der Waals surface area contributed by atoms with E-state index >= 15 is 0 Å². The van der Waals surface area contributed by atoms with Crippen molar-refractivity contribution in [2.24, 2.45) is 5.92 Å². The molecule has 0 bridgehead atoms. The molecular weight excluding hydrogens is 285 g/mol. The number of benzene rings is 1. The van der Waals surface area contributed by atoms with Gasteiger partial charge >= 0.3 is 0 Å². The van der Waals surface area contributed by atoms with E-state index in [1.807, 2.05) is 0 Å². The molecule has 0 aliphatic rings. The molecule has 2 N–H and O–H groups in total. The molecule has 0 radical (unpaired) electrons. The Bertz CT molecular complexity index is 490. The number of hydrogen-bond donors (Lipinski definition) is 2. The topological polar surface area (TPSA) is 66.4 Å². The second-order valence-electron chi connectivity index (χ2n) is 3.69. The maximum Gasteiger partial charge on any atom is 0.242 e. The molecule has 1 atom stereocenters. The first kappa shape index (κ1) is 14.7. The van der Waals surface area contributed by atoms with Crippen LogP contribution in [-0.4, -0.2) is 26.7 Å². The highest BCUT2D eigenvalue weighted by Crippen LogP contribution is 2.28. The molecule has 4 nitrogen and oxygen atoms in total. The molecule has 0 heterocycles. The summed E-state index contributed by atoms with van der Waals surface area (Å²) in [6.07, 6.45) is 0. The highest BCUT2D eigenvalue weighted by atomic mass is 35.5. The molecule has 0 aromatic heterocycles. The van der Waals surface area contributed by atoms with Gasteiger partial charge in [-0.25, -0.2) is 13.1 Å². The van der Waals surface area contributed by atoms with Gasteiger partial charge in [0, 0.05) is 13.2 Å². The van der Waals surface area contributed by atoms with Crippen molar-refractivity contribution in [3.63, 3.8) is 0 Å². The third-order valence-electron chi connectivity index (χ3n) is 2.14. The van der Waals surface area contributed by atoms with Gasteiger partial charge in [-0.15, -0.1) is 0 Å². The summed E-state index contributed by atoms with van der Waals surface area (Å²) in [4.78, 5) is -0.0585. The Hall–Kier alpha value is -0.330. The zero-order chi connectivity index (χ0) is 13.1. The number of aliphatic hydroxyl groups is 1. The van der Waals surface area contributed by atoms with Crippen molar-refractivity contribution in [3.05, 3.63) is 28.2 Å². The van der Waals surface area contributed by atoms with E-state index in [9.17, 15) is 8.42 Å². The van der Waals surface area contributed by atoms with Crippen molar-refractivity contribution in [1.82, 2.24) is 4.72 Å². The number of hydrogen-bond acceptors (Lipinski definition) is 3. The Labute approximate surface area is 111 Å². The first-order valence-corrected chi connectivity index (χ1v) is 7.17. The van der Waals surface area contributed by atoms with Crippen LogP contribution in [0, 0.1) is 5.92 Å². The second-order valence-corrected chi connectivity index (χ2v) is 6.21. The van der Waals surface area contributed by atoms with Crippen LogP contribution in [0.5, 0.6) is 0 Å². The standard InChI is InChI=1S/C10H13Cl2NO3S/c1-7(6-14)5-13-17(15,16)9-4-2-3-8(11)10(9)12/h2-4,7,13-14H,5-6H2,1H3. The van der Waals surface area contributed by atoms with Gasteiger partial charge in [-0.05, 0) is 18.1 Å². The van der Waals surface area contributed by atoms with Crippen LogP contribution in [0.2, 0.25) is 10.0 Å². The van der Waals surface area contributed by atoms with Gasteiger partial charge in [-0.2, -0.15) is 0 Å². The van der Waals surface area contributed by atoms with E-state index in [0.717, 1.165) is 0 Å². The maximum absolute atomic E-state index is 11.9. The lowest BCUT2D eigenvalue weighted by atomic mass is 10.2. The average Bonchev–Trinajstić information content (AvgIpc) is 2.29. The van der Waals surface area contributed by atoms with Crippen LogP contribution >= 0.6 is 23.2 Å². The summed E-state index contributed by atoms with van der Waals surface area (Å²) in [5.41, 5.74) is 0. The summed E-state index contributed by atoms with van der Waals surface area (Å²) in [5.74, 6) is -0.164. The lowest BCUT2D eigenvalue weighted by Crippen LogP contribution is -2.29. The number of halogens is 2. The van der Waals surface area contributed by atoms with Crippen LogP contribution in [0.15, 0.2) is 23.1 Å². The van der Waals surface area contributed by atoms with Crippen molar-refractivity contribution in [3.8, 4) is 0 Å². The van der Waals surface area contributed by atoms with Crippen LogP contribution in [0.3, 0.4) is 0 Å². The molecule has 17 heavy (non-hydrogen) atoms. The first-order chi connectivity index (χ1) is 7.88. The summed E-state index contributed by atoms with van der Waals surface area (Å²) >= 11 is 11.6. The van der Waals surface area contributed by atoms with Crippen molar-refractivity contribution >= 4 is 33.2 Å². The summed E-state index contributed by atoms with van der Waals surface area (Å²) in [7, 11) is -3.70. The minimum Gasteiger partial charge on any atom is -0.396 e. The Morgan fingerprint density at radius 2 is 2.06 bits per heavy atom. The van der Waals surface area contributed by atoms with E-state index < -0.39 is 10.0 Å². The highest BCUT2D eigenvalue weighted by Gasteiger charge is 2.19. The number of rotatable bonds is 5. The normalized spacial score (nSPS) is 13.6. The second kappa shape index (κ2) is 6.02. The van der Waals surface area contributed by atoms with E-state index in [0.29, 0.717) is 0 Å². The first-order valence-electron chi connectivity index (χ1n) is 4.93. The van der Waals surface area contributed by atoms with Crippen molar-refractivity contribution in [2.45, 2.75) is 11.8 Å². The van der Waals surface area contributed by atoms with E-state index in [1.165, 1.54) is 18.2 Å². The van der Waals surface area contributed by atoms with E-state index in [2.05, 4.69) is 4.72 Å². The number of sulfonamides is 1. The van der Waals surface area contributed by atoms with Gasteiger partial charge in [-0.1, -0.05) is 36.2 Å². The molecule has 0 spiro atoms. The van der Waals surface area contributed by atoms with Crippen LogP contribution < -0.4 is 4.72 Å². The molecule has 0 saturated heterocycles. The van der Waals surface area contributed by atoms with Crippen LogP contribution in [0.1, 0.15) is 6.92 Å². The fourth-order valence-corrected chi connectivity index (χ4v) is 3.01. The van der Waals surface area contributed by atoms with Gasteiger partial charge in [0.05, 0.1) is 10.0 Å². The predicted molar refractivity (Wildman–Crippen MR) is 67.9 cm³/mol. The molecule has 0 amide bonds. The molecule has 1 rings (SSSR count). The smallest absolute Gasteiger partial charge is 0.242 e. The number of nitrogens with one attached hydrogen (secondary N) is 1. The molecule has 7 heteroatoms. The Morgan fingerprint density at radius 3 is 2.65 bits per heavy atom. The van der Waals surface area contributed by atoms with Crippen LogP contribution in [0.25, 0.3) is 0 Å². The van der Waals surface area contributed by atoms with Crippen LogP contribution in [0.4, 0.5) is 0 Å². The molecule has 0 fully saturated rings. The fourth-order valence-electron chi connectivity index (χ4n) is 1.09. The SMILES string of the molecule is CC(CO)CNS(=O)(=O)c1cccc(Cl)c1Cl. The Morgan fingerprint density at radius 1 is 1.41 bits per heavy atom. The van der Waals surface area contributed by atoms with Gasteiger partial charge in [0.2, 0.25) is 10.0 Å².